The van der Waals surface area contributed by atoms with Gasteiger partial charge in [-0.2, -0.15) is 0 Å². The van der Waals surface area contributed by atoms with Crippen molar-refractivity contribution in [2.75, 3.05) is 5.32 Å². The Morgan fingerprint density at radius 3 is 2.23 bits per heavy atom. The van der Waals surface area contributed by atoms with E-state index < -0.39 is 18.0 Å². The number of hydrogen-bond acceptors (Lipinski definition) is 4. The zero-order valence-electron chi connectivity index (χ0n) is 16.0. The third kappa shape index (κ3) is 6.25. The Labute approximate surface area is 179 Å². The van der Waals surface area contributed by atoms with E-state index in [0.717, 1.165) is 11.1 Å². The lowest BCUT2D eigenvalue weighted by Crippen LogP contribution is -2.45. The number of rotatable bonds is 7. The first-order valence-electron chi connectivity index (χ1n) is 9.32. The number of halogens is 1. The number of carbonyl (C=O) groups excluding carboxylic acids is 2. The minimum atomic E-state index is -0.922. The van der Waals surface area contributed by atoms with Gasteiger partial charge >= 0.3 is 6.09 Å². The molecule has 6 nitrogen and oxygen atoms in total. The fourth-order valence-electron chi connectivity index (χ4n) is 2.79. The van der Waals surface area contributed by atoms with E-state index in [1.54, 1.807) is 0 Å². The Morgan fingerprint density at radius 1 is 0.933 bits per heavy atom. The highest BCUT2D eigenvalue weighted by Gasteiger charge is 2.23. The topological polar surface area (TPSA) is 87.7 Å². The molecule has 154 valence electrons. The highest BCUT2D eigenvalue weighted by Crippen LogP contribution is 2.26. The van der Waals surface area contributed by atoms with Gasteiger partial charge in [0.2, 0.25) is 5.91 Å². The van der Waals surface area contributed by atoms with Crippen molar-refractivity contribution in [2.45, 2.75) is 19.1 Å². The molecule has 3 rings (SSSR count). The molecule has 7 heteroatoms. The van der Waals surface area contributed by atoms with Crippen LogP contribution < -0.4 is 10.6 Å². The van der Waals surface area contributed by atoms with E-state index in [1.807, 2.05) is 60.7 Å². The second kappa shape index (κ2) is 10.3. The van der Waals surface area contributed by atoms with Crippen molar-refractivity contribution in [1.29, 1.82) is 0 Å². The van der Waals surface area contributed by atoms with Crippen molar-refractivity contribution >= 4 is 29.3 Å². The maximum Gasteiger partial charge on any atom is 0.408 e. The predicted molar refractivity (Wildman–Crippen MR) is 115 cm³/mol. The SMILES string of the molecule is O=C(NC(Cc1ccccc1)C(=O)Nc1cc(Cl)ccc1O)OCc1ccccc1. The molecule has 0 fully saturated rings. The first-order valence-corrected chi connectivity index (χ1v) is 9.69. The van der Waals surface area contributed by atoms with Gasteiger partial charge in [0.05, 0.1) is 5.69 Å². The highest BCUT2D eigenvalue weighted by atomic mass is 35.5. The number of anilines is 1. The third-order valence-electron chi connectivity index (χ3n) is 4.32. The Balaban J connectivity index is 1.69. The summed E-state index contributed by atoms with van der Waals surface area (Å²) in [5.74, 6) is -0.633. The summed E-state index contributed by atoms with van der Waals surface area (Å²) in [7, 11) is 0. The molecule has 1 unspecified atom stereocenters. The molecule has 1 atom stereocenters. The van der Waals surface area contributed by atoms with Gasteiger partial charge in [0.15, 0.2) is 0 Å². The molecule has 0 aliphatic carbocycles. The van der Waals surface area contributed by atoms with Gasteiger partial charge in [-0.15, -0.1) is 0 Å². The summed E-state index contributed by atoms with van der Waals surface area (Å²) in [6, 6.07) is 21.9. The summed E-state index contributed by atoms with van der Waals surface area (Å²) in [4.78, 5) is 25.2. The summed E-state index contributed by atoms with van der Waals surface area (Å²) < 4.78 is 5.24. The van der Waals surface area contributed by atoms with Crippen LogP contribution in [0.2, 0.25) is 5.02 Å². The van der Waals surface area contributed by atoms with Crippen LogP contribution in [0.3, 0.4) is 0 Å². The van der Waals surface area contributed by atoms with Crippen LogP contribution in [-0.4, -0.2) is 23.1 Å². The Bertz CT molecular complexity index is 997. The summed E-state index contributed by atoms with van der Waals surface area (Å²) in [5, 5.41) is 15.5. The van der Waals surface area contributed by atoms with E-state index in [4.69, 9.17) is 16.3 Å². The molecule has 0 aliphatic rings. The highest BCUT2D eigenvalue weighted by molar-refractivity contribution is 6.31. The fourth-order valence-corrected chi connectivity index (χ4v) is 2.97. The smallest absolute Gasteiger partial charge is 0.408 e. The molecule has 3 aromatic rings. The first kappa shape index (κ1) is 21.2. The van der Waals surface area contributed by atoms with Crippen LogP contribution in [0.25, 0.3) is 0 Å². The first-order chi connectivity index (χ1) is 14.5. The number of hydrogen-bond donors (Lipinski definition) is 3. The number of ether oxygens (including phenoxy) is 1. The van der Waals surface area contributed by atoms with Crippen LogP contribution in [0.15, 0.2) is 78.9 Å². The number of phenolic OH excluding ortho intramolecular Hbond substituents is 1. The molecule has 0 aliphatic heterocycles. The van der Waals surface area contributed by atoms with Crippen molar-refractivity contribution in [2.24, 2.45) is 0 Å². The molecule has 0 aromatic heterocycles. The Kier molecular flexibility index (Phi) is 7.29. The molecule has 30 heavy (non-hydrogen) atoms. The predicted octanol–water partition coefficient (Wildman–Crippen LogP) is 4.52. The van der Waals surface area contributed by atoms with E-state index in [-0.39, 0.29) is 24.5 Å². The van der Waals surface area contributed by atoms with E-state index in [9.17, 15) is 14.7 Å². The van der Waals surface area contributed by atoms with Crippen LogP contribution in [0.5, 0.6) is 5.75 Å². The zero-order valence-corrected chi connectivity index (χ0v) is 16.8. The summed E-state index contributed by atoms with van der Waals surface area (Å²) in [5.41, 5.74) is 1.85. The Hall–Kier alpha value is -3.51. The van der Waals surface area contributed by atoms with Gasteiger partial charge in [-0.25, -0.2) is 4.79 Å². The van der Waals surface area contributed by atoms with Crippen molar-refractivity contribution in [1.82, 2.24) is 5.32 Å². The molecule has 3 aromatic carbocycles. The molecule has 0 saturated heterocycles. The minimum absolute atomic E-state index is 0.0848. The third-order valence-corrected chi connectivity index (χ3v) is 4.56. The van der Waals surface area contributed by atoms with Gasteiger partial charge in [-0.3, -0.25) is 4.79 Å². The van der Waals surface area contributed by atoms with Crippen LogP contribution in [0, 0.1) is 0 Å². The number of benzene rings is 3. The second-order valence-corrected chi connectivity index (χ2v) is 7.04. The Morgan fingerprint density at radius 2 is 1.57 bits per heavy atom. The van der Waals surface area contributed by atoms with E-state index in [0.29, 0.717) is 5.02 Å². The minimum Gasteiger partial charge on any atom is -0.506 e. The van der Waals surface area contributed by atoms with E-state index in [2.05, 4.69) is 10.6 Å². The molecule has 0 bridgehead atoms. The van der Waals surface area contributed by atoms with Crippen LogP contribution >= 0.6 is 11.6 Å². The number of amides is 2. The largest absolute Gasteiger partial charge is 0.506 e. The van der Waals surface area contributed by atoms with Gasteiger partial charge in [-0.1, -0.05) is 72.3 Å². The quantitative estimate of drug-likeness (QED) is 0.486. The van der Waals surface area contributed by atoms with Gasteiger partial charge in [0, 0.05) is 11.4 Å². The maximum absolute atomic E-state index is 12.9. The van der Waals surface area contributed by atoms with Crippen LogP contribution in [0.1, 0.15) is 11.1 Å². The summed E-state index contributed by atoms with van der Waals surface area (Å²) in [6.07, 6.45) is -0.473. The number of alkyl carbamates (subject to hydrolysis) is 1. The van der Waals surface area contributed by atoms with Crippen molar-refractivity contribution in [3.63, 3.8) is 0 Å². The average molecular weight is 425 g/mol. The molecule has 2 amide bonds. The van der Waals surface area contributed by atoms with Crippen molar-refractivity contribution < 1.29 is 19.4 Å². The average Bonchev–Trinajstić information content (AvgIpc) is 2.76. The van der Waals surface area contributed by atoms with Crippen LogP contribution in [0.4, 0.5) is 10.5 Å². The van der Waals surface area contributed by atoms with Crippen molar-refractivity contribution in [3.8, 4) is 5.75 Å². The fraction of sp³-hybridized carbons (Fsp3) is 0.130. The zero-order chi connectivity index (χ0) is 21.3. The van der Waals surface area contributed by atoms with Crippen LogP contribution in [-0.2, 0) is 22.6 Å². The van der Waals surface area contributed by atoms with E-state index >= 15 is 0 Å². The maximum atomic E-state index is 12.9. The molecule has 0 saturated carbocycles. The summed E-state index contributed by atoms with van der Waals surface area (Å²) in [6.45, 7) is 0.0848. The monoisotopic (exact) mass is 424 g/mol. The summed E-state index contributed by atoms with van der Waals surface area (Å²) >= 11 is 5.94. The number of carbonyl (C=O) groups is 2. The van der Waals surface area contributed by atoms with Crippen molar-refractivity contribution in [3.05, 3.63) is 95.0 Å². The lowest BCUT2D eigenvalue weighted by Gasteiger charge is -2.19. The molecule has 0 spiro atoms. The van der Waals surface area contributed by atoms with Gasteiger partial charge in [-0.05, 0) is 29.3 Å². The molecular formula is C23H21ClN2O4. The standard InChI is InChI=1S/C23H21ClN2O4/c24-18-11-12-21(27)19(14-18)25-22(28)20(13-16-7-3-1-4-8-16)26-23(29)30-15-17-9-5-2-6-10-17/h1-12,14,20,27H,13,15H2,(H,25,28)(H,26,29). The molecule has 0 radical (unpaired) electrons. The lowest BCUT2D eigenvalue weighted by atomic mass is 10.1. The van der Waals surface area contributed by atoms with Gasteiger partial charge in [0.25, 0.3) is 0 Å². The van der Waals surface area contributed by atoms with E-state index in [1.165, 1.54) is 18.2 Å². The lowest BCUT2D eigenvalue weighted by molar-refractivity contribution is -0.118. The molecule has 0 heterocycles. The normalized spacial score (nSPS) is 11.4. The molecule has 3 N–H and O–H groups in total. The second-order valence-electron chi connectivity index (χ2n) is 6.60. The van der Waals surface area contributed by atoms with Gasteiger partial charge < -0.3 is 20.5 Å². The number of aromatic hydroxyl groups is 1. The number of nitrogens with one attached hydrogen (secondary N) is 2. The number of phenols is 1. The van der Waals surface area contributed by atoms with Gasteiger partial charge in [0.1, 0.15) is 18.4 Å². The molecular weight excluding hydrogens is 404 g/mol.